The van der Waals surface area contributed by atoms with E-state index in [0.29, 0.717) is 45.3 Å². The molecule has 1 fully saturated rings. The first-order valence-corrected chi connectivity index (χ1v) is 10.4. The van der Waals surface area contributed by atoms with E-state index in [1.165, 1.54) is 13.2 Å². The molecule has 1 saturated heterocycles. The number of sulfonamides is 1. The molecule has 0 bridgehead atoms. The third-order valence-corrected chi connectivity index (χ3v) is 5.92. The van der Waals surface area contributed by atoms with Crippen LogP contribution in [0.4, 0.5) is 5.95 Å². The van der Waals surface area contributed by atoms with Gasteiger partial charge in [-0.2, -0.15) is 15.0 Å². The van der Waals surface area contributed by atoms with Crippen LogP contribution in [-0.2, 0) is 27.7 Å². The SMILES string of the molecule is COc1nc(CNS(=O)(=O)c2ccc3c(c2)CCO3)nc(N2CCOCC2)n1. The fraction of sp³-hybridized carbons (Fsp3) is 0.471. The van der Waals surface area contributed by atoms with Crippen LogP contribution in [0.2, 0.25) is 0 Å². The van der Waals surface area contributed by atoms with Crippen molar-refractivity contribution in [2.75, 3.05) is 44.9 Å². The second-order valence-electron chi connectivity index (χ2n) is 6.33. The Hall–Kier alpha value is -2.50. The number of nitrogens with one attached hydrogen (secondary N) is 1. The molecule has 0 radical (unpaired) electrons. The number of rotatable bonds is 6. The van der Waals surface area contributed by atoms with Crippen molar-refractivity contribution in [1.82, 2.24) is 19.7 Å². The van der Waals surface area contributed by atoms with E-state index in [4.69, 9.17) is 14.2 Å². The predicted octanol–water partition coefficient (Wildman–Crippen LogP) is 0.130. The molecule has 1 N–H and O–H groups in total. The van der Waals surface area contributed by atoms with Gasteiger partial charge in [0.25, 0.3) is 0 Å². The van der Waals surface area contributed by atoms with Crippen LogP contribution in [0.1, 0.15) is 11.4 Å². The van der Waals surface area contributed by atoms with Crippen molar-refractivity contribution < 1.29 is 22.6 Å². The Morgan fingerprint density at radius 2 is 2.00 bits per heavy atom. The van der Waals surface area contributed by atoms with E-state index in [2.05, 4.69) is 19.7 Å². The lowest BCUT2D eigenvalue weighted by atomic mass is 10.2. The summed E-state index contributed by atoms with van der Waals surface area (Å²) in [6.07, 6.45) is 0.701. The lowest BCUT2D eigenvalue weighted by molar-refractivity contribution is 0.122. The first-order chi connectivity index (χ1) is 13.5. The van der Waals surface area contributed by atoms with Crippen molar-refractivity contribution in [1.29, 1.82) is 0 Å². The summed E-state index contributed by atoms with van der Waals surface area (Å²) in [6, 6.07) is 4.98. The molecule has 4 rings (SSSR count). The minimum atomic E-state index is -3.72. The second-order valence-corrected chi connectivity index (χ2v) is 8.10. The van der Waals surface area contributed by atoms with Gasteiger partial charge in [0.15, 0.2) is 5.82 Å². The molecule has 0 aliphatic carbocycles. The molecule has 2 aliphatic heterocycles. The maximum atomic E-state index is 12.7. The summed E-state index contributed by atoms with van der Waals surface area (Å²) in [7, 11) is -2.26. The van der Waals surface area contributed by atoms with Gasteiger partial charge in [-0.25, -0.2) is 13.1 Å². The van der Waals surface area contributed by atoms with Gasteiger partial charge < -0.3 is 19.1 Å². The Bertz CT molecular complexity index is 962. The van der Waals surface area contributed by atoms with Crippen molar-refractivity contribution in [3.05, 3.63) is 29.6 Å². The number of fused-ring (bicyclic) bond motifs is 1. The Morgan fingerprint density at radius 1 is 1.18 bits per heavy atom. The van der Waals surface area contributed by atoms with Gasteiger partial charge in [-0.05, 0) is 23.8 Å². The minimum absolute atomic E-state index is 0.0772. The Labute approximate surface area is 162 Å². The average Bonchev–Trinajstić information content (AvgIpc) is 3.21. The molecular formula is C17H21N5O5S. The van der Waals surface area contributed by atoms with Crippen LogP contribution in [0.5, 0.6) is 11.8 Å². The highest BCUT2D eigenvalue weighted by Crippen LogP contribution is 2.27. The molecule has 150 valence electrons. The van der Waals surface area contributed by atoms with Crippen LogP contribution >= 0.6 is 0 Å². The number of benzene rings is 1. The molecule has 1 aromatic carbocycles. The average molecular weight is 407 g/mol. The Kier molecular flexibility index (Phi) is 5.29. The molecule has 0 atom stereocenters. The fourth-order valence-electron chi connectivity index (χ4n) is 3.03. The summed E-state index contributed by atoms with van der Waals surface area (Å²) in [5, 5.41) is 0. The van der Waals surface area contributed by atoms with Gasteiger partial charge >= 0.3 is 6.01 Å². The van der Waals surface area contributed by atoms with Gasteiger partial charge in [0.2, 0.25) is 16.0 Å². The van der Waals surface area contributed by atoms with E-state index < -0.39 is 10.0 Å². The van der Waals surface area contributed by atoms with Crippen molar-refractivity contribution in [2.24, 2.45) is 0 Å². The summed E-state index contributed by atoms with van der Waals surface area (Å²) in [5.41, 5.74) is 0.888. The van der Waals surface area contributed by atoms with E-state index in [1.807, 2.05) is 4.90 Å². The highest BCUT2D eigenvalue weighted by atomic mass is 32.2. The minimum Gasteiger partial charge on any atom is -0.493 e. The largest absolute Gasteiger partial charge is 0.493 e. The molecule has 0 unspecified atom stereocenters. The molecule has 10 nitrogen and oxygen atoms in total. The molecular weight excluding hydrogens is 386 g/mol. The zero-order valence-electron chi connectivity index (χ0n) is 15.4. The molecule has 11 heteroatoms. The van der Waals surface area contributed by atoms with Crippen LogP contribution < -0.4 is 19.1 Å². The molecule has 28 heavy (non-hydrogen) atoms. The number of nitrogens with zero attached hydrogens (tertiary/aromatic N) is 4. The molecule has 0 amide bonds. The van der Waals surface area contributed by atoms with Gasteiger partial charge in [-0.3, -0.25) is 0 Å². The second kappa shape index (κ2) is 7.86. The maximum absolute atomic E-state index is 12.7. The van der Waals surface area contributed by atoms with E-state index in [9.17, 15) is 8.42 Å². The number of morpholine rings is 1. The van der Waals surface area contributed by atoms with Crippen molar-refractivity contribution >= 4 is 16.0 Å². The summed E-state index contributed by atoms with van der Waals surface area (Å²) < 4.78 is 43.8. The van der Waals surface area contributed by atoms with Crippen LogP contribution in [-0.4, -0.2) is 63.4 Å². The Balaban J connectivity index is 1.52. The van der Waals surface area contributed by atoms with Gasteiger partial charge in [0.05, 0.1) is 38.4 Å². The predicted molar refractivity (Wildman–Crippen MR) is 99.1 cm³/mol. The summed E-state index contributed by atoms with van der Waals surface area (Å²) >= 11 is 0. The number of aromatic nitrogens is 3. The molecule has 0 spiro atoms. The molecule has 1 aromatic heterocycles. The Morgan fingerprint density at radius 3 is 2.79 bits per heavy atom. The maximum Gasteiger partial charge on any atom is 0.321 e. The van der Waals surface area contributed by atoms with E-state index in [0.717, 1.165) is 11.3 Å². The van der Waals surface area contributed by atoms with Crippen molar-refractivity contribution in [3.8, 4) is 11.8 Å². The van der Waals surface area contributed by atoms with E-state index >= 15 is 0 Å². The van der Waals surface area contributed by atoms with Gasteiger partial charge in [-0.1, -0.05) is 0 Å². The monoisotopic (exact) mass is 407 g/mol. The number of hydrogen-bond acceptors (Lipinski definition) is 9. The number of anilines is 1. The van der Waals surface area contributed by atoms with E-state index in [1.54, 1.807) is 12.1 Å². The number of ether oxygens (including phenoxy) is 3. The van der Waals surface area contributed by atoms with Gasteiger partial charge in [0, 0.05) is 19.5 Å². The highest BCUT2D eigenvalue weighted by molar-refractivity contribution is 7.89. The standard InChI is InChI=1S/C17H21N5O5S/c1-25-17-20-15(19-16(21-17)22-5-8-26-9-6-22)11-18-28(23,24)13-2-3-14-12(10-13)4-7-27-14/h2-3,10,18H,4-9,11H2,1H3. The smallest absolute Gasteiger partial charge is 0.321 e. The highest BCUT2D eigenvalue weighted by Gasteiger charge is 2.21. The zero-order chi connectivity index (χ0) is 19.6. The molecule has 0 saturated carbocycles. The normalized spacial score (nSPS) is 16.5. The van der Waals surface area contributed by atoms with Gasteiger partial charge in [0.1, 0.15) is 5.75 Å². The first kappa shape index (κ1) is 18.8. The van der Waals surface area contributed by atoms with Crippen LogP contribution in [0.15, 0.2) is 23.1 Å². The third-order valence-electron chi connectivity index (χ3n) is 4.52. The van der Waals surface area contributed by atoms with E-state index in [-0.39, 0.29) is 23.3 Å². The number of hydrogen-bond donors (Lipinski definition) is 1. The third kappa shape index (κ3) is 4.01. The quantitative estimate of drug-likeness (QED) is 0.713. The van der Waals surface area contributed by atoms with Crippen molar-refractivity contribution in [2.45, 2.75) is 17.9 Å². The zero-order valence-corrected chi connectivity index (χ0v) is 16.2. The molecule has 2 aromatic rings. The summed E-state index contributed by atoms with van der Waals surface area (Å²) in [6.45, 7) is 2.95. The topological polar surface area (TPSA) is 116 Å². The lowest BCUT2D eigenvalue weighted by Gasteiger charge is -2.26. The first-order valence-electron chi connectivity index (χ1n) is 8.92. The lowest BCUT2D eigenvalue weighted by Crippen LogP contribution is -2.37. The molecule has 2 aliphatic rings. The van der Waals surface area contributed by atoms with Crippen LogP contribution in [0.25, 0.3) is 0 Å². The summed E-state index contributed by atoms with van der Waals surface area (Å²) in [5.74, 6) is 1.46. The van der Waals surface area contributed by atoms with Gasteiger partial charge in [-0.15, -0.1) is 0 Å². The molecule has 3 heterocycles. The fourth-order valence-corrected chi connectivity index (χ4v) is 4.06. The van der Waals surface area contributed by atoms with Crippen LogP contribution in [0.3, 0.4) is 0 Å². The van der Waals surface area contributed by atoms with Crippen LogP contribution in [0, 0.1) is 0 Å². The van der Waals surface area contributed by atoms with Crippen molar-refractivity contribution in [3.63, 3.8) is 0 Å². The number of methoxy groups -OCH3 is 1. The summed E-state index contributed by atoms with van der Waals surface area (Å²) in [4.78, 5) is 14.9.